The van der Waals surface area contributed by atoms with Crippen LogP contribution in [0.15, 0.2) is 114 Å². The van der Waals surface area contributed by atoms with Gasteiger partial charge in [-0.15, -0.1) is 0 Å². The minimum atomic E-state index is -2.35. The molecule has 0 aliphatic carbocycles. The van der Waals surface area contributed by atoms with Crippen LogP contribution < -0.4 is 73.5 Å². The molecule has 14 rings (SSSR count). The van der Waals surface area contributed by atoms with Crippen LogP contribution >= 0.6 is 46.4 Å². The van der Waals surface area contributed by atoms with Crippen molar-refractivity contribution in [3.63, 3.8) is 0 Å². The number of phenolic OH excluding ortho intramolecular Hbond substituents is 3. The van der Waals surface area contributed by atoms with Gasteiger partial charge in [-0.2, -0.15) is 10.0 Å². The molecule has 123 heavy (non-hydrogen) atoms. The number of likely N-dealkylation sites (N-methyl/N-ethyl adjacent to an activating group) is 1. The van der Waals surface area contributed by atoms with Gasteiger partial charge in [-0.3, -0.25) is 42.9 Å². The number of amides is 8. The Morgan fingerprint density at radius 2 is 1.37 bits per heavy atom. The van der Waals surface area contributed by atoms with Crippen LogP contribution in [0.25, 0.3) is 11.1 Å². The third kappa shape index (κ3) is 20.6. The molecular formula is C81H91Cl4N13O25. The predicted molar refractivity (Wildman–Crippen MR) is 438 cm³/mol. The summed E-state index contributed by atoms with van der Waals surface area (Å²) in [6, 6.07) is 8.74. The van der Waals surface area contributed by atoms with Crippen LogP contribution in [-0.2, 0) is 70.4 Å². The lowest BCUT2D eigenvalue weighted by atomic mass is 9.85. The van der Waals surface area contributed by atoms with Crippen molar-refractivity contribution in [2.45, 2.75) is 169 Å². The van der Waals surface area contributed by atoms with E-state index in [1.54, 1.807) is 13.0 Å². The summed E-state index contributed by atoms with van der Waals surface area (Å²) in [5.41, 5.74) is 2.33. The summed E-state index contributed by atoms with van der Waals surface area (Å²) in [6.45, 7) is 5.66. The second-order valence-corrected chi connectivity index (χ2v) is 32.3. The van der Waals surface area contributed by atoms with Crippen molar-refractivity contribution < 1.29 is 118 Å². The van der Waals surface area contributed by atoms with E-state index in [9.17, 15) is 65.1 Å². The number of benzene rings is 6. The van der Waals surface area contributed by atoms with Crippen LogP contribution in [0.5, 0.6) is 46.0 Å². The maximum atomic E-state index is 16.3. The Morgan fingerprint density at radius 3 is 1.99 bits per heavy atom. The molecule has 2 saturated heterocycles. The summed E-state index contributed by atoms with van der Waals surface area (Å²) >= 11 is 26.6. The second kappa shape index (κ2) is 38.7. The highest BCUT2D eigenvalue weighted by Crippen LogP contribution is 2.50. The minimum Gasteiger partial charge on any atom is -0.508 e. The number of aromatic hydroxyl groups is 3. The minimum absolute atomic E-state index is 0.0293. The van der Waals surface area contributed by atoms with Gasteiger partial charge in [-0.05, 0) is 134 Å². The van der Waals surface area contributed by atoms with Crippen molar-refractivity contribution >= 4 is 99.5 Å². The van der Waals surface area contributed by atoms with Gasteiger partial charge in [-0.25, -0.2) is 4.79 Å². The molecule has 7 aliphatic rings. The molecule has 0 radical (unpaired) electrons. The fraction of sp³-hybridized carbons (Fsp3) is 0.407. The number of phenols is 3. The molecule has 7 aliphatic heterocycles. The first kappa shape index (κ1) is 91.6. The number of nitrogens with two attached hydrogens (primary N) is 1. The number of hydrogen-bond acceptors (Lipinski definition) is 29. The normalized spacial score (nSPS) is 26.3. The zero-order valence-electron chi connectivity index (χ0n) is 66.7. The lowest BCUT2D eigenvalue weighted by Crippen LogP contribution is -2.65. The molecule has 658 valence electrons. The summed E-state index contributed by atoms with van der Waals surface area (Å²) in [4.78, 5) is 141. The van der Waals surface area contributed by atoms with Gasteiger partial charge in [0, 0.05) is 61.1 Å². The Morgan fingerprint density at radius 1 is 0.715 bits per heavy atom. The van der Waals surface area contributed by atoms with Gasteiger partial charge in [0.15, 0.2) is 23.9 Å². The molecule has 2 fully saturated rings. The number of ether oxygens (including phenoxy) is 6. The summed E-state index contributed by atoms with van der Waals surface area (Å²) in [7, 11) is 4.02. The topological polar surface area (TPSA) is 556 Å². The van der Waals surface area contributed by atoms with Crippen molar-refractivity contribution in [1.82, 2.24) is 57.1 Å². The van der Waals surface area contributed by atoms with E-state index in [2.05, 4.69) is 52.8 Å². The number of hydroxylamine groups is 2. The van der Waals surface area contributed by atoms with Crippen molar-refractivity contribution in [3.8, 4) is 57.1 Å². The van der Waals surface area contributed by atoms with Crippen LogP contribution in [0.3, 0.4) is 0 Å². The van der Waals surface area contributed by atoms with Crippen LogP contribution in [0.4, 0.5) is 5.82 Å². The quantitative estimate of drug-likeness (QED) is 0.0460. The van der Waals surface area contributed by atoms with Gasteiger partial charge in [-0.1, -0.05) is 84.5 Å². The lowest BCUT2D eigenvalue weighted by Gasteiger charge is -2.48. The van der Waals surface area contributed by atoms with Crippen molar-refractivity contribution in [3.05, 3.63) is 173 Å². The highest BCUT2D eigenvalue weighted by molar-refractivity contribution is 6.42. The van der Waals surface area contributed by atoms with E-state index in [-0.39, 0.29) is 99.0 Å². The van der Waals surface area contributed by atoms with Gasteiger partial charge in [0.05, 0.1) is 64.9 Å². The van der Waals surface area contributed by atoms with E-state index in [4.69, 9.17) is 85.4 Å². The van der Waals surface area contributed by atoms with Crippen molar-refractivity contribution in [2.75, 3.05) is 39.7 Å². The fourth-order valence-corrected chi connectivity index (χ4v) is 15.7. The first-order chi connectivity index (χ1) is 58.3. The average Bonchev–Trinajstić information content (AvgIpc) is 0.757. The average molecular weight is 1790 g/mol. The molecule has 7 aromatic rings. The second-order valence-electron chi connectivity index (χ2n) is 30.7. The Balaban J connectivity index is 0.995. The number of carbonyl (C=O) groups is 8. The summed E-state index contributed by atoms with van der Waals surface area (Å²) < 4.78 is 40.7. The Kier molecular flexibility index (Phi) is 28.8. The molecule has 6 aromatic carbocycles. The van der Waals surface area contributed by atoms with Crippen LogP contribution in [0.2, 0.25) is 20.1 Å². The molecule has 1 aromatic heterocycles. The van der Waals surface area contributed by atoms with E-state index in [1.165, 1.54) is 81.4 Å². The number of rotatable bonds is 21. The number of fused-ring (bicyclic) bond motifs is 15. The molecule has 8 heterocycles. The van der Waals surface area contributed by atoms with Crippen LogP contribution in [0, 0.1) is 5.92 Å². The highest BCUT2D eigenvalue weighted by Gasteiger charge is 2.52. The molecule has 42 heteroatoms. The molecule has 38 nitrogen and oxygen atoms in total. The largest absolute Gasteiger partial charge is 0.508 e. The van der Waals surface area contributed by atoms with Crippen LogP contribution in [0.1, 0.15) is 111 Å². The molecule has 20 N–H and O–H groups in total. The molecule has 0 unspecified atom stereocenters. The Hall–Kier alpha value is -10.6. The third-order valence-corrected chi connectivity index (χ3v) is 22.8. The van der Waals surface area contributed by atoms with E-state index < -0.39 is 220 Å². The number of nitrogens with one attached hydrogen (secondary N) is 9. The predicted octanol–water partition coefficient (Wildman–Crippen LogP) is 2.85. The monoisotopic (exact) mass is 1790 g/mol. The van der Waals surface area contributed by atoms with E-state index in [1.807, 2.05) is 13.8 Å². The van der Waals surface area contributed by atoms with Gasteiger partial charge in [0.1, 0.15) is 101 Å². The first-order valence-electron chi connectivity index (χ1n) is 38.6. The number of primary amides is 1. The molecule has 0 spiro atoms. The number of carbonyl (C=O) groups excluding carboxylic acids is 8. The number of hydrogen-bond donors (Lipinski definition) is 19. The number of aliphatic hydroxyl groups excluding tert-OH is 6. The smallest absolute Gasteiger partial charge is 0.349 e. The summed E-state index contributed by atoms with van der Waals surface area (Å²) in [5.74, 6) is -13.9. The van der Waals surface area contributed by atoms with Gasteiger partial charge >= 0.3 is 5.69 Å². The number of nitrogens with zero attached hydrogens (tertiary/aromatic N) is 3. The van der Waals surface area contributed by atoms with E-state index in [0.29, 0.717) is 10.6 Å². The third-order valence-electron chi connectivity index (χ3n) is 21.5. The summed E-state index contributed by atoms with van der Waals surface area (Å²) in [5, 5.41) is 131. The number of anilines is 1. The molecule has 0 saturated carbocycles. The van der Waals surface area contributed by atoms with Gasteiger partial charge in [0.2, 0.25) is 59.3 Å². The first-order valence-corrected chi connectivity index (χ1v) is 40.1. The summed E-state index contributed by atoms with van der Waals surface area (Å²) in [6.07, 6.45) is -19.5. The number of halogens is 4. The van der Waals surface area contributed by atoms with Gasteiger partial charge < -0.3 is 133 Å². The van der Waals surface area contributed by atoms with Crippen LogP contribution in [-0.4, -0.2) is 221 Å². The zero-order valence-corrected chi connectivity index (χ0v) is 69.7. The standard InChI is InChI=1S/C81H91Cl4N13O25/c1-33(2)20-47(87-5)73(110)94-63-65(105)37-10-14-51(45(84)24-37)119-53-26-39-27-54(69(53)123-79-70(68(108)67(107)55(32-99)121-79)122-59-31-81(4,71(109)34(3)118-59)88-17-19-98-18-16-57(91-80(98)116)90-58(104)22-35-8-12-43(82)44(83)21-35)120-52-15-11-38(25-46(52)85)66(106)64-78(115)96-72(97(6)117-7)42-28-40(100)29-50(102)60(42)41-23-36(9-13-49(41)101)61(75(112)95-64)93-76(113)62(39)92-74(111)48(30-56(86)103)89-77(63)114/h8-16,18,21,23-29,33-34,47-48,55,59,61-68,70-72,79,87-88,99-102,105-109H,17,19-20,22,30-32H2,1-7H3,(H2,86,103)(H,89,114)(H,92,111)(H,93,113)(H,94,110)(H,95,112)(H,96,115)(H,90,91,104,116)/t34-,47+,48-,55+,59-,61+,62+,63+,64-,65+,66+,67+,68-,70+,71+,72-,79-,81-/m0/s1. The Labute approximate surface area is 721 Å². The van der Waals surface area contributed by atoms with E-state index in [0.717, 1.165) is 59.7 Å². The van der Waals surface area contributed by atoms with E-state index >= 15 is 24.0 Å². The molecule has 8 amide bonds. The molecule has 18 atom stereocenters. The maximum absolute atomic E-state index is 16.3. The molecular weight excluding hydrogens is 1700 g/mol. The SMILES string of the molecule is CN[C@H](CC(C)C)C(=O)N[C@H]1C(=O)N[C@@H](CC(N)=O)C(=O)N[C@H]2C(=O)N[C@H]3C(=O)N[C@H](C(=O)N[C@@H](N(C)OC)c4cc(O)cc(O)c4-c4cc3ccc4O)[C@H](O)c3ccc(c(Cl)c3)Oc3cc2cc(c3O[C@@H]2O[C@H](CO)[C@@H](O)[C@H](O)[C@H]2O[C@H]2C[C@](C)(NCCn3ccc(NC(=O)Cc4ccc(Cl)c(Cl)c4)nc3=O)[C@H](O)[C@H](C)O2)Oc2ccc(cc2Cl)[C@H]1O. The number of aliphatic hydroxyl groups is 6. The zero-order chi connectivity index (χ0) is 89.1. The Bertz CT molecular complexity index is 5270. The molecule has 11 bridgehead atoms. The van der Waals surface area contributed by atoms with Gasteiger partial charge in [0.25, 0.3) is 0 Å². The fourth-order valence-electron chi connectivity index (χ4n) is 15.0. The maximum Gasteiger partial charge on any atom is 0.349 e. The highest BCUT2D eigenvalue weighted by atomic mass is 35.5. The van der Waals surface area contributed by atoms with Crippen molar-refractivity contribution in [1.29, 1.82) is 0 Å². The van der Waals surface area contributed by atoms with Crippen molar-refractivity contribution in [2.24, 2.45) is 11.7 Å². The lowest BCUT2D eigenvalue weighted by molar-refractivity contribution is -0.334. The number of aromatic nitrogens is 2.